The minimum atomic E-state index is -0.363. The van der Waals surface area contributed by atoms with Crippen molar-refractivity contribution in [2.24, 2.45) is 0 Å². The summed E-state index contributed by atoms with van der Waals surface area (Å²) >= 11 is 0. The number of esters is 1. The quantitative estimate of drug-likeness (QED) is 0.485. The van der Waals surface area contributed by atoms with Crippen molar-refractivity contribution in [2.45, 2.75) is 39.5 Å². The third-order valence-electron chi connectivity index (χ3n) is 2.73. The van der Waals surface area contributed by atoms with Crippen LogP contribution in [0.4, 0.5) is 0 Å². The largest absolute Gasteiger partial charge is 0.493 e. The molecular formula is C16H24O4. The van der Waals surface area contributed by atoms with Crippen molar-refractivity contribution in [3.05, 3.63) is 24.3 Å². The number of hydrogen-bond donors (Lipinski definition) is 0. The molecule has 0 amide bonds. The second-order valence-corrected chi connectivity index (χ2v) is 4.48. The Kier molecular flexibility index (Phi) is 8.27. The van der Waals surface area contributed by atoms with E-state index in [2.05, 4.69) is 6.92 Å². The van der Waals surface area contributed by atoms with Gasteiger partial charge < -0.3 is 14.2 Å². The van der Waals surface area contributed by atoms with Gasteiger partial charge in [-0.2, -0.15) is 0 Å². The van der Waals surface area contributed by atoms with Crippen molar-refractivity contribution in [1.82, 2.24) is 0 Å². The van der Waals surface area contributed by atoms with Crippen LogP contribution in [0.25, 0.3) is 0 Å². The van der Waals surface area contributed by atoms with Crippen molar-refractivity contribution in [2.75, 3.05) is 19.8 Å². The van der Waals surface area contributed by atoms with Gasteiger partial charge in [-0.3, -0.25) is 0 Å². The van der Waals surface area contributed by atoms with E-state index < -0.39 is 0 Å². The first-order valence-electron chi connectivity index (χ1n) is 7.27. The van der Waals surface area contributed by atoms with Crippen LogP contribution in [-0.2, 0) is 9.53 Å². The van der Waals surface area contributed by atoms with Gasteiger partial charge in [0.15, 0.2) is 6.61 Å². The Morgan fingerprint density at radius 1 is 1.05 bits per heavy atom. The molecular weight excluding hydrogens is 256 g/mol. The third kappa shape index (κ3) is 7.02. The molecule has 0 aromatic heterocycles. The van der Waals surface area contributed by atoms with E-state index in [1.165, 1.54) is 19.3 Å². The maximum Gasteiger partial charge on any atom is 0.344 e. The molecule has 0 spiro atoms. The van der Waals surface area contributed by atoms with Crippen molar-refractivity contribution in [3.8, 4) is 11.5 Å². The zero-order chi connectivity index (χ0) is 14.6. The average Bonchev–Trinajstić information content (AvgIpc) is 2.46. The second kappa shape index (κ2) is 10.1. The molecule has 0 aliphatic rings. The van der Waals surface area contributed by atoms with Gasteiger partial charge in [0.2, 0.25) is 0 Å². The molecule has 0 bridgehead atoms. The molecule has 0 unspecified atom stereocenters. The first-order chi connectivity index (χ1) is 9.76. The number of rotatable bonds is 10. The lowest BCUT2D eigenvalue weighted by Gasteiger charge is -2.09. The lowest BCUT2D eigenvalue weighted by atomic mass is 10.2. The van der Waals surface area contributed by atoms with E-state index in [4.69, 9.17) is 14.2 Å². The summed E-state index contributed by atoms with van der Waals surface area (Å²) in [5.41, 5.74) is 0. The summed E-state index contributed by atoms with van der Waals surface area (Å²) in [6.07, 6.45) is 4.71. The topological polar surface area (TPSA) is 44.8 Å². The standard InChI is InChI=1S/C16H24O4/c1-3-5-6-7-11-19-14-9-8-10-15(12-14)20-13-16(17)18-4-2/h8-10,12H,3-7,11,13H2,1-2H3. The third-order valence-corrected chi connectivity index (χ3v) is 2.73. The van der Waals surface area contributed by atoms with Gasteiger partial charge >= 0.3 is 5.97 Å². The van der Waals surface area contributed by atoms with Gasteiger partial charge in [0.25, 0.3) is 0 Å². The van der Waals surface area contributed by atoms with Crippen LogP contribution in [0.5, 0.6) is 11.5 Å². The van der Waals surface area contributed by atoms with E-state index in [1.54, 1.807) is 19.1 Å². The summed E-state index contributed by atoms with van der Waals surface area (Å²) in [5, 5.41) is 0. The van der Waals surface area contributed by atoms with Crippen molar-refractivity contribution in [1.29, 1.82) is 0 Å². The number of unbranched alkanes of at least 4 members (excludes halogenated alkanes) is 3. The van der Waals surface area contributed by atoms with Crippen molar-refractivity contribution >= 4 is 5.97 Å². The fourth-order valence-corrected chi connectivity index (χ4v) is 1.72. The highest BCUT2D eigenvalue weighted by atomic mass is 16.6. The summed E-state index contributed by atoms with van der Waals surface area (Å²) in [7, 11) is 0. The monoisotopic (exact) mass is 280 g/mol. The van der Waals surface area contributed by atoms with Gasteiger partial charge in [0.05, 0.1) is 13.2 Å². The SMILES string of the molecule is CCCCCCOc1cccc(OCC(=O)OCC)c1. The Morgan fingerprint density at radius 2 is 1.80 bits per heavy atom. The minimum Gasteiger partial charge on any atom is -0.493 e. The van der Waals surface area contributed by atoms with Crippen LogP contribution >= 0.6 is 0 Å². The number of hydrogen-bond acceptors (Lipinski definition) is 4. The smallest absolute Gasteiger partial charge is 0.344 e. The van der Waals surface area contributed by atoms with E-state index >= 15 is 0 Å². The highest BCUT2D eigenvalue weighted by molar-refractivity contribution is 5.71. The summed E-state index contributed by atoms with van der Waals surface area (Å²) in [4.78, 5) is 11.2. The molecule has 0 radical (unpaired) electrons. The zero-order valence-corrected chi connectivity index (χ0v) is 12.4. The first kappa shape index (κ1) is 16.3. The molecule has 0 fully saturated rings. The van der Waals surface area contributed by atoms with E-state index in [1.807, 2.05) is 12.1 Å². The van der Waals surface area contributed by atoms with Gasteiger partial charge in [-0.1, -0.05) is 32.3 Å². The van der Waals surface area contributed by atoms with Crippen LogP contribution in [0.3, 0.4) is 0 Å². The van der Waals surface area contributed by atoms with Gasteiger partial charge in [-0.25, -0.2) is 4.79 Å². The fourth-order valence-electron chi connectivity index (χ4n) is 1.72. The molecule has 0 heterocycles. The molecule has 0 saturated heterocycles. The molecule has 4 nitrogen and oxygen atoms in total. The summed E-state index contributed by atoms with van der Waals surface area (Å²) in [6, 6.07) is 7.32. The lowest BCUT2D eigenvalue weighted by Crippen LogP contribution is -2.14. The molecule has 0 atom stereocenters. The van der Waals surface area contributed by atoms with Gasteiger partial charge in [0, 0.05) is 6.07 Å². The number of carbonyl (C=O) groups is 1. The molecule has 20 heavy (non-hydrogen) atoms. The molecule has 1 aromatic rings. The van der Waals surface area contributed by atoms with E-state index in [9.17, 15) is 4.79 Å². The number of benzene rings is 1. The molecule has 0 saturated carbocycles. The molecule has 1 rings (SSSR count). The van der Waals surface area contributed by atoms with E-state index in [0.717, 1.165) is 12.2 Å². The maximum absolute atomic E-state index is 11.2. The Morgan fingerprint density at radius 3 is 2.50 bits per heavy atom. The van der Waals surface area contributed by atoms with Gasteiger partial charge in [-0.05, 0) is 25.5 Å². The molecule has 112 valence electrons. The summed E-state index contributed by atoms with van der Waals surface area (Å²) < 4.78 is 15.8. The number of carbonyl (C=O) groups excluding carboxylic acids is 1. The fraction of sp³-hybridized carbons (Fsp3) is 0.562. The molecule has 1 aromatic carbocycles. The van der Waals surface area contributed by atoms with Crippen molar-refractivity contribution in [3.63, 3.8) is 0 Å². The van der Waals surface area contributed by atoms with Crippen LogP contribution in [0.1, 0.15) is 39.5 Å². The maximum atomic E-state index is 11.2. The minimum absolute atomic E-state index is 0.0756. The van der Waals surface area contributed by atoms with Crippen LogP contribution in [0.2, 0.25) is 0 Å². The van der Waals surface area contributed by atoms with Crippen LogP contribution in [0.15, 0.2) is 24.3 Å². The van der Waals surface area contributed by atoms with E-state index in [0.29, 0.717) is 19.0 Å². The molecule has 0 N–H and O–H groups in total. The van der Waals surface area contributed by atoms with E-state index in [-0.39, 0.29) is 12.6 Å². The van der Waals surface area contributed by atoms with Gasteiger partial charge in [0.1, 0.15) is 11.5 Å². The highest BCUT2D eigenvalue weighted by Gasteiger charge is 2.04. The number of ether oxygens (including phenoxy) is 3. The predicted molar refractivity (Wildman–Crippen MR) is 78.2 cm³/mol. The molecule has 4 heteroatoms. The van der Waals surface area contributed by atoms with Crippen LogP contribution in [0, 0.1) is 0 Å². The molecule has 0 aliphatic heterocycles. The average molecular weight is 280 g/mol. The second-order valence-electron chi connectivity index (χ2n) is 4.48. The van der Waals surface area contributed by atoms with Crippen molar-refractivity contribution < 1.29 is 19.0 Å². The van der Waals surface area contributed by atoms with Crippen LogP contribution in [-0.4, -0.2) is 25.8 Å². The lowest BCUT2D eigenvalue weighted by molar-refractivity contribution is -0.145. The zero-order valence-electron chi connectivity index (χ0n) is 12.4. The molecule has 0 aliphatic carbocycles. The Balaban J connectivity index is 2.31. The first-order valence-corrected chi connectivity index (χ1v) is 7.27. The normalized spacial score (nSPS) is 10.1. The Labute approximate surface area is 121 Å². The Bertz CT molecular complexity index is 390. The summed E-state index contributed by atoms with van der Waals surface area (Å²) in [6.45, 7) is 4.95. The van der Waals surface area contributed by atoms with Crippen LogP contribution < -0.4 is 9.47 Å². The Hall–Kier alpha value is -1.71. The highest BCUT2D eigenvalue weighted by Crippen LogP contribution is 2.19. The summed E-state index contributed by atoms with van der Waals surface area (Å²) in [5.74, 6) is 1.02. The predicted octanol–water partition coefficient (Wildman–Crippen LogP) is 3.59. The van der Waals surface area contributed by atoms with Gasteiger partial charge in [-0.15, -0.1) is 0 Å².